The number of fused-ring (bicyclic) bond motifs is 2. The summed E-state index contributed by atoms with van der Waals surface area (Å²) in [6, 6.07) is 18.1. The van der Waals surface area contributed by atoms with E-state index in [9.17, 15) is 0 Å². The van der Waals surface area contributed by atoms with Gasteiger partial charge in [-0.15, -0.1) is 0 Å². The number of H-pyrrole nitrogens is 1. The molecule has 0 spiro atoms. The van der Waals surface area contributed by atoms with Crippen LogP contribution in [0.4, 0.5) is 0 Å². The monoisotopic (exact) mass is 331 g/mol. The van der Waals surface area contributed by atoms with Crippen molar-refractivity contribution < 1.29 is 0 Å². The number of nitrogens with zero attached hydrogens (tertiary/aromatic N) is 2. The van der Waals surface area contributed by atoms with Crippen LogP contribution in [0.5, 0.6) is 0 Å². The summed E-state index contributed by atoms with van der Waals surface area (Å²) < 4.78 is 0. The van der Waals surface area contributed by atoms with Crippen LogP contribution in [0.2, 0.25) is 0 Å². The summed E-state index contributed by atoms with van der Waals surface area (Å²) in [6.45, 7) is 3.52. The fraction of sp³-hybridized carbons (Fsp3) is 0.364. The third kappa shape index (κ3) is 2.50. The van der Waals surface area contributed by atoms with E-state index in [-0.39, 0.29) is 0 Å². The third-order valence-electron chi connectivity index (χ3n) is 6.01. The van der Waals surface area contributed by atoms with Gasteiger partial charge in [0.25, 0.3) is 0 Å². The molecular formula is C22H25N3. The maximum atomic E-state index is 3.37. The molecule has 5 rings (SSSR count). The Balaban J connectivity index is 1.59. The maximum Gasteiger partial charge on any atom is 0.0886 e. The van der Waals surface area contributed by atoms with Crippen molar-refractivity contribution in [3.05, 3.63) is 71.4 Å². The van der Waals surface area contributed by atoms with Gasteiger partial charge in [-0.3, -0.25) is 9.80 Å². The van der Waals surface area contributed by atoms with Crippen molar-refractivity contribution in [2.24, 2.45) is 0 Å². The highest BCUT2D eigenvalue weighted by molar-refractivity contribution is 5.80. The molecule has 0 aliphatic carbocycles. The van der Waals surface area contributed by atoms with Crippen LogP contribution in [0.25, 0.3) is 10.9 Å². The summed E-state index contributed by atoms with van der Waals surface area (Å²) in [4.78, 5) is 8.57. The molecule has 1 N–H and O–H groups in total. The average molecular weight is 331 g/mol. The second-order valence-corrected chi connectivity index (χ2v) is 7.56. The molecule has 3 heterocycles. The van der Waals surface area contributed by atoms with Crippen molar-refractivity contribution in [1.82, 2.24) is 14.8 Å². The number of hydrogen-bond acceptors (Lipinski definition) is 2. The Morgan fingerprint density at radius 2 is 1.76 bits per heavy atom. The fourth-order valence-electron chi connectivity index (χ4n) is 4.82. The normalized spacial score (nSPS) is 24.7. The highest BCUT2D eigenvalue weighted by Crippen LogP contribution is 2.41. The van der Waals surface area contributed by atoms with Crippen LogP contribution in [0.3, 0.4) is 0 Å². The Bertz CT molecular complexity index is 891. The van der Waals surface area contributed by atoms with Crippen LogP contribution >= 0.6 is 0 Å². The van der Waals surface area contributed by atoms with Crippen molar-refractivity contribution >= 4 is 10.9 Å². The van der Waals surface area contributed by atoms with E-state index in [0.29, 0.717) is 12.1 Å². The molecule has 1 aromatic heterocycles. The van der Waals surface area contributed by atoms with Crippen LogP contribution in [-0.2, 0) is 0 Å². The van der Waals surface area contributed by atoms with Gasteiger partial charge in [0.15, 0.2) is 0 Å². The number of rotatable bonds is 2. The van der Waals surface area contributed by atoms with Gasteiger partial charge in [-0.05, 0) is 67.2 Å². The number of aromatic amines is 1. The van der Waals surface area contributed by atoms with Gasteiger partial charge in [0.1, 0.15) is 0 Å². The van der Waals surface area contributed by atoms with Gasteiger partial charge < -0.3 is 4.98 Å². The highest BCUT2D eigenvalue weighted by Gasteiger charge is 2.35. The van der Waals surface area contributed by atoms with Crippen molar-refractivity contribution in [3.63, 3.8) is 0 Å². The van der Waals surface area contributed by atoms with Gasteiger partial charge in [-0.1, -0.05) is 36.4 Å². The summed E-state index contributed by atoms with van der Waals surface area (Å²) in [7, 11) is 2.29. The van der Waals surface area contributed by atoms with Crippen LogP contribution in [0.1, 0.15) is 41.6 Å². The van der Waals surface area contributed by atoms with Gasteiger partial charge in [0.2, 0.25) is 0 Å². The lowest BCUT2D eigenvalue weighted by Crippen LogP contribution is -2.44. The molecule has 0 saturated carbocycles. The summed E-state index contributed by atoms with van der Waals surface area (Å²) >= 11 is 0. The number of benzene rings is 2. The summed E-state index contributed by atoms with van der Waals surface area (Å²) in [6.07, 6.45) is 5.13. The predicted octanol–water partition coefficient (Wildman–Crippen LogP) is 4.34. The first-order valence-electron chi connectivity index (χ1n) is 9.41. The van der Waals surface area contributed by atoms with Gasteiger partial charge in [-0.2, -0.15) is 0 Å². The second kappa shape index (κ2) is 6.01. The number of hydrogen-bond donors (Lipinski definition) is 1. The molecule has 1 saturated heterocycles. The summed E-state index contributed by atoms with van der Waals surface area (Å²) in [5.41, 5.74) is 5.64. The van der Waals surface area contributed by atoms with Crippen molar-refractivity contribution in [2.45, 2.75) is 24.9 Å². The zero-order chi connectivity index (χ0) is 16.8. The fourth-order valence-corrected chi connectivity index (χ4v) is 4.82. The number of nitrogens with one attached hydrogen (secondary N) is 1. The van der Waals surface area contributed by atoms with Crippen molar-refractivity contribution in [1.29, 1.82) is 0 Å². The SMILES string of the molecule is CN1CC(c2ccc3cc[nH]c3c2)c2ccccc2C1N1CCCC1. The molecule has 3 aromatic rings. The summed E-state index contributed by atoms with van der Waals surface area (Å²) in [5, 5.41) is 1.29. The van der Waals surface area contributed by atoms with E-state index in [2.05, 4.69) is 70.4 Å². The highest BCUT2D eigenvalue weighted by atomic mass is 15.4. The zero-order valence-corrected chi connectivity index (χ0v) is 14.8. The van der Waals surface area contributed by atoms with Gasteiger partial charge in [0.05, 0.1) is 6.17 Å². The molecule has 1 fully saturated rings. The molecule has 2 atom stereocenters. The summed E-state index contributed by atoms with van der Waals surface area (Å²) in [5.74, 6) is 0.438. The van der Waals surface area contributed by atoms with Crippen LogP contribution in [-0.4, -0.2) is 41.5 Å². The first kappa shape index (κ1) is 15.2. The largest absolute Gasteiger partial charge is 0.361 e. The standard InChI is InChI=1S/C22H25N3/c1-24-15-20(17-9-8-16-10-11-23-21(16)14-17)18-6-2-3-7-19(18)22(24)25-12-4-5-13-25/h2-3,6-11,14,20,22-23H,4-5,12-13,15H2,1H3. The Morgan fingerprint density at radius 3 is 2.60 bits per heavy atom. The number of likely N-dealkylation sites (tertiary alicyclic amines) is 1. The first-order chi connectivity index (χ1) is 12.3. The van der Waals surface area contributed by atoms with Crippen LogP contribution in [0, 0.1) is 0 Å². The molecule has 3 nitrogen and oxygen atoms in total. The molecule has 2 aliphatic rings. The number of likely N-dealkylation sites (N-methyl/N-ethyl adjacent to an activating group) is 1. The lowest BCUT2D eigenvalue weighted by atomic mass is 9.83. The lowest BCUT2D eigenvalue weighted by Gasteiger charge is -2.43. The van der Waals surface area contributed by atoms with E-state index in [0.717, 1.165) is 6.54 Å². The minimum absolute atomic E-state index is 0.434. The van der Waals surface area contributed by atoms with Gasteiger partial charge in [0, 0.05) is 24.2 Å². The van der Waals surface area contributed by atoms with E-state index in [1.165, 1.54) is 53.5 Å². The van der Waals surface area contributed by atoms with E-state index in [1.807, 2.05) is 6.20 Å². The smallest absolute Gasteiger partial charge is 0.0886 e. The van der Waals surface area contributed by atoms with Gasteiger partial charge in [-0.25, -0.2) is 0 Å². The molecular weight excluding hydrogens is 306 g/mol. The molecule has 2 aromatic carbocycles. The third-order valence-corrected chi connectivity index (χ3v) is 6.01. The second-order valence-electron chi connectivity index (χ2n) is 7.56. The number of aromatic nitrogens is 1. The molecule has 128 valence electrons. The molecule has 25 heavy (non-hydrogen) atoms. The molecule has 0 radical (unpaired) electrons. The topological polar surface area (TPSA) is 22.3 Å². The lowest BCUT2D eigenvalue weighted by molar-refractivity contribution is 0.0669. The van der Waals surface area contributed by atoms with Crippen LogP contribution < -0.4 is 0 Å². The Labute approximate surface area is 149 Å². The quantitative estimate of drug-likeness (QED) is 0.755. The molecule has 3 heteroatoms. The molecule has 0 amide bonds. The minimum atomic E-state index is 0.434. The van der Waals surface area contributed by atoms with Crippen molar-refractivity contribution in [3.8, 4) is 0 Å². The van der Waals surface area contributed by atoms with E-state index in [1.54, 1.807) is 0 Å². The Hall–Kier alpha value is -2.10. The Kier molecular flexibility index (Phi) is 3.65. The average Bonchev–Trinajstić information content (AvgIpc) is 3.32. The predicted molar refractivity (Wildman–Crippen MR) is 103 cm³/mol. The van der Waals surface area contributed by atoms with E-state index in [4.69, 9.17) is 0 Å². The molecule has 0 bridgehead atoms. The minimum Gasteiger partial charge on any atom is -0.361 e. The van der Waals surface area contributed by atoms with E-state index >= 15 is 0 Å². The van der Waals surface area contributed by atoms with Gasteiger partial charge >= 0.3 is 0 Å². The Morgan fingerprint density at radius 1 is 0.960 bits per heavy atom. The molecule has 2 unspecified atom stereocenters. The first-order valence-corrected chi connectivity index (χ1v) is 9.41. The molecule has 2 aliphatic heterocycles. The van der Waals surface area contributed by atoms with Crippen molar-refractivity contribution in [2.75, 3.05) is 26.7 Å². The maximum absolute atomic E-state index is 3.37. The zero-order valence-electron chi connectivity index (χ0n) is 14.8. The van der Waals surface area contributed by atoms with E-state index < -0.39 is 0 Å². The van der Waals surface area contributed by atoms with Crippen LogP contribution in [0.15, 0.2) is 54.7 Å².